The zero-order valence-corrected chi connectivity index (χ0v) is 19.7. The summed E-state index contributed by atoms with van der Waals surface area (Å²) in [7, 11) is 0. The molecule has 0 radical (unpaired) electrons. The lowest BCUT2D eigenvalue weighted by Crippen LogP contribution is -2.30. The van der Waals surface area contributed by atoms with E-state index in [2.05, 4.69) is 25.8 Å². The molecule has 5 nitrogen and oxygen atoms in total. The van der Waals surface area contributed by atoms with Crippen molar-refractivity contribution in [2.45, 2.75) is 32.0 Å². The van der Waals surface area contributed by atoms with E-state index in [1.165, 1.54) is 12.1 Å². The predicted molar refractivity (Wildman–Crippen MR) is 136 cm³/mol. The summed E-state index contributed by atoms with van der Waals surface area (Å²) >= 11 is 5.83. The van der Waals surface area contributed by atoms with Crippen molar-refractivity contribution in [2.24, 2.45) is 0 Å². The van der Waals surface area contributed by atoms with Crippen LogP contribution in [0.25, 0.3) is 5.69 Å². The van der Waals surface area contributed by atoms with Crippen LogP contribution in [0.1, 0.15) is 37.3 Å². The second-order valence-electron chi connectivity index (χ2n) is 8.44. The zero-order chi connectivity index (χ0) is 23.7. The van der Waals surface area contributed by atoms with E-state index in [1.54, 1.807) is 18.3 Å². The number of ether oxygens (including phenoxy) is 1. The Hall–Kier alpha value is -3.71. The first kappa shape index (κ1) is 22.1. The zero-order valence-electron chi connectivity index (χ0n) is 18.9. The Morgan fingerprint density at radius 3 is 2.35 bits per heavy atom. The van der Waals surface area contributed by atoms with E-state index >= 15 is 0 Å². The lowest BCUT2D eigenvalue weighted by Gasteiger charge is -2.29. The van der Waals surface area contributed by atoms with Crippen LogP contribution in [0.5, 0.6) is 5.75 Å². The van der Waals surface area contributed by atoms with E-state index in [4.69, 9.17) is 17.0 Å². The molecule has 0 spiro atoms. The summed E-state index contributed by atoms with van der Waals surface area (Å²) in [6, 6.07) is 24.0. The minimum Gasteiger partial charge on any atom is -0.491 e. The topological polar surface area (TPSA) is 42.3 Å². The molecule has 0 bridgehead atoms. The molecular weight excluding hydrogens is 447 g/mol. The standard InChI is InChI=1S/C27H25FN4OS/c1-18(2)33-22-14-12-21(13-15-22)32-26(25(30-27(32)34)23-6-3-4-16-29-23)24-7-5-17-31(24)20-10-8-19(28)9-11-20/h3-18,25-26H,1-2H3,(H,30,34)/t25-,26+/m0/s1. The number of hydrogen-bond acceptors (Lipinski definition) is 3. The highest BCUT2D eigenvalue weighted by Crippen LogP contribution is 2.42. The van der Waals surface area contributed by atoms with Gasteiger partial charge in [0, 0.05) is 29.5 Å². The number of halogens is 1. The Morgan fingerprint density at radius 2 is 1.68 bits per heavy atom. The average Bonchev–Trinajstić information content (AvgIpc) is 3.45. The molecule has 5 rings (SSSR count). The summed E-state index contributed by atoms with van der Waals surface area (Å²) in [5, 5.41) is 4.10. The lowest BCUT2D eigenvalue weighted by molar-refractivity contribution is 0.242. The molecular formula is C27H25FN4OS. The van der Waals surface area contributed by atoms with Gasteiger partial charge in [0.1, 0.15) is 17.6 Å². The molecule has 1 N–H and O–H groups in total. The number of anilines is 1. The smallest absolute Gasteiger partial charge is 0.174 e. The van der Waals surface area contributed by atoms with Gasteiger partial charge in [-0.25, -0.2) is 4.39 Å². The van der Waals surface area contributed by atoms with E-state index in [0.29, 0.717) is 5.11 Å². The summed E-state index contributed by atoms with van der Waals surface area (Å²) in [5.41, 5.74) is 3.73. The molecule has 0 saturated carbocycles. The highest BCUT2D eigenvalue weighted by atomic mass is 32.1. The largest absolute Gasteiger partial charge is 0.491 e. The van der Waals surface area contributed by atoms with Crippen LogP contribution in [0.2, 0.25) is 0 Å². The SMILES string of the molecule is CC(C)Oc1ccc(N2C(=S)N[C@@H](c3ccccn3)[C@H]2c2cccn2-c2ccc(F)cc2)cc1. The average molecular weight is 473 g/mol. The third-order valence-electron chi connectivity index (χ3n) is 5.77. The number of nitrogens with one attached hydrogen (secondary N) is 1. The number of aromatic nitrogens is 2. The van der Waals surface area contributed by atoms with Gasteiger partial charge in [-0.3, -0.25) is 4.98 Å². The van der Waals surface area contributed by atoms with Gasteiger partial charge < -0.3 is 19.5 Å². The summed E-state index contributed by atoms with van der Waals surface area (Å²) < 4.78 is 21.5. The molecule has 7 heteroatoms. The van der Waals surface area contributed by atoms with Crippen LogP contribution in [0.3, 0.4) is 0 Å². The molecule has 34 heavy (non-hydrogen) atoms. The van der Waals surface area contributed by atoms with Gasteiger partial charge in [-0.1, -0.05) is 6.07 Å². The fourth-order valence-corrected chi connectivity index (χ4v) is 4.71. The molecule has 172 valence electrons. The van der Waals surface area contributed by atoms with Gasteiger partial charge in [0.05, 0.1) is 17.8 Å². The number of thiocarbonyl (C=S) groups is 1. The maximum Gasteiger partial charge on any atom is 0.174 e. The second-order valence-corrected chi connectivity index (χ2v) is 8.82. The molecule has 2 aromatic carbocycles. The first-order valence-corrected chi connectivity index (χ1v) is 11.6. The molecule has 2 atom stereocenters. The Kier molecular flexibility index (Phi) is 6.02. The van der Waals surface area contributed by atoms with Crippen LogP contribution in [-0.2, 0) is 0 Å². The van der Waals surface area contributed by atoms with Crippen LogP contribution in [0.4, 0.5) is 10.1 Å². The summed E-state index contributed by atoms with van der Waals surface area (Å²) in [6.07, 6.45) is 3.87. The molecule has 4 aromatic rings. The first-order chi connectivity index (χ1) is 16.5. The first-order valence-electron chi connectivity index (χ1n) is 11.2. The van der Waals surface area contributed by atoms with Gasteiger partial charge in [-0.05, 0) is 98.9 Å². The fraction of sp³-hybridized carbons (Fsp3) is 0.185. The van der Waals surface area contributed by atoms with Crippen molar-refractivity contribution in [1.29, 1.82) is 0 Å². The van der Waals surface area contributed by atoms with Crippen LogP contribution >= 0.6 is 12.2 Å². The van der Waals surface area contributed by atoms with E-state index in [9.17, 15) is 4.39 Å². The number of nitrogens with zero attached hydrogens (tertiary/aromatic N) is 3. The van der Waals surface area contributed by atoms with Crippen LogP contribution < -0.4 is 15.0 Å². The van der Waals surface area contributed by atoms with E-state index < -0.39 is 0 Å². The van der Waals surface area contributed by atoms with Gasteiger partial charge in [0.25, 0.3) is 0 Å². The maximum atomic E-state index is 13.6. The van der Waals surface area contributed by atoms with Crippen molar-refractivity contribution in [3.63, 3.8) is 0 Å². The van der Waals surface area contributed by atoms with Gasteiger partial charge in [0.15, 0.2) is 5.11 Å². The molecule has 2 aromatic heterocycles. The van der Waals surface area contributed by atoms with Gasteiger partial charge in [-0.2, -0.15) is 0 Å². The third kappa shape index (κ3) is 4.26. The summed E-state index contributed by atoms with van der Waals surface area (Å²) in [5.74, 6) is 0.544. The number of pyridine rings is 1. The highest BCUT2D eigenvalue weighted by molar-refractivity contribution is 7.80. The van der Waals surface area contributed by atoms with E-state index in [1.807, 2.05) is 68.6 Å². The van der Waals surface area contributed by atoms with Crippen LogP contribution in [0.15, 0.2) is 91.3 Å². The Balaban J connectivity index is 1.60. The molecule has 1 aliphatic heterocycles. The Labute approximate surface area is 203 Å². The Bertz CT molecular complexity index is 1270. The van der Waals surface area contributed by atoms with Crippen LogP contribution in [0, 0.1) is 5.82 Å². The highest BCUT2D eigenvalue weighted by Gasteiger charge is 2.42. The minimum atomic E-state index is -0.266. The van der Waals surface area contributed by atoms with Gasteiger partial charge in [0.2, 0.25) is 0 Å². The maximum absolute atomic E-state index is 13.6. The number of benzene rings is 2. The van der Waals surface area contributed by atoms with Crippen molar-refractivity contribution >= 4 is 23.0 Å². The summed E-state index contributed by atoms with van der Waals surface area (Å²) in [6.45, 7) is 4.01. The lowest BCUT2D eigenvalue weighted by atomic mass is 10.0. The van der Waals surface area contributed by atoms with Crippen molar-refractivity contribution < 1.29 is 9.13 Å². The predicted octanol–water partition coefficient (Wildman–Crippen LogP) is 5.98. The van der Waals surface area contributed by atoms with Crippen LogP contribution in [-0.4, -0.2) is 20.8 Å². The number of rotatable bonds is 6. The van der Waals surface area contributed by atoms with Crippen molar-refractivity contribution in [3.8, 4) is 11.4 Å². The van der Waals surface area contributed by atoms with Crippen molar-refractivity contribution in [3.05, 3.63) is 108 Å². The second kappa shape index (κ2) is 9.27. The molecule has 0 unspecified atom stereocenters. The monoisotopic (exact) mass is 472 g/mol. The Morgan fingerprint density at radius 1 is 0.941 bits per heavy atom. The van der Waals surface area contributed by atoms with Gasteiger partial charge >= 0.3 is 0 Å². The molecule has 1 saturated heterocycles. The van der Waals surface area contributed by atoms with Gasteiger partial charge in [-0.15, -0.1) is 0 Å². The molecule has 0 amide bonds. The normalized spacial score (nSPS) is 17.8. The molecule has 1 aliphatic rings. The van der Waals surface area contributed by atoms with Crippen molar-refractivity contribution in [1.82, 2.24) is 14.9 Å². The van der Waals surface area contributed by atoms with Crippen molar-refractivity contribution in [2.75, 3.05) is 4.90 Å². The quantitative estimate of drug-likeness (QED) is 0.350. The van der Waals surface area contributed by atoms with E-state index in [-0.39, 0.29) is 24.0 Å². The minimum absolute atomic E-state index is 0.0978. The molecule has 1 fully saturated rings. The number of hydrogen-bond donors (Lipinski definition) is 1. The fourth-order valence-electron chi connectivity index (χ4n) is 4.36. The van der Waals surface area contributed by atoms with E-state index in [0.717, 1.165) is 28.5 Å². The summed E-state index contributed by atoms with van der Waals surface area (Å²) in [4.78, 5) is 6.73. The molecule has 3 heterocycles. The molecule has 0 aliphatic carbocycles. The third-order valence-corrected chi connectivity index (χ3v) is 6.09.